The molecular formula is C12H17NO2S. The SMILES string of the molecule is COC(=O)C(N)CSCCc1ccccc1. The van der Waals surface area contributed by atoms with E-state index in [0.29, 0.717) is 5.75 Å². The van der Waals surface area contributed by atoms with Crippen molar-refractivity contribution in [1.82, 2.24) is 0 Å². The molecule has 1 unspecified atom stereocenters. The summed E-state index contributed by atoms with van der Waals surface area (Å²) in [5.41, 5.74) is 6.92. The maximum atomic E-state index is 11.0. The predicted octanol–water partition coefficient (Wildman–Crippen LogP) is 1.46. The maximum absolute atomic E-state index is 11.0. The van der Waals surface area contributed by atoms with E-state index in [1.165, 1.54) is 12.7 Å². The van der Waals surface area contributed by atoms with Gasteiger partial charge in [-0.15, -0.1) is 0 Å². The Balaban J connectivity index is 2.15. The molecule has 3 nitrogen and oxygen atoms in total. The molecule has 0 heterocycles. The number of hydrogen-bond acceptors (Lipinski definition) is 4. The Morgan fingerprint density at radius 2 is 2.12 bits per heavy atom. The number of rotatable bonds is 6. The molecule has 88 valence electrons. The van der Waals surface area contributed by atoms with Crippen molar-refractivity contribution >= 4 is 17.7 Å². The number of aryl methyl sites for hydroxylation is 1. The van der Waals surface area contributed by atoms with Crippen LogP contribution < -0.4 is 5.73 Å². The van der Waals surface area contributed by atoms with Crippen LogP contribution in [0, 0.1) is 0 Å². The van der Waals surface area contributed by atoms with Crippen LogP contribution in [0.3, 0.4) is 0 Å². The van der Waals surface area contributed by atoms with E-state index in [4.69, 9.17) is 5.73 Å². The molecular weight excluding hydrogens is 222 g/mol. The Morgan fingerprint density at radius 1 is 1.44 bits per heavy atom. The van der Waals surface area contributed by atoms with E-state index in [2.05, 4.69) is 16.9 Å². The third kappa shape index (κ3) is 4.68. The van der Waals surface area contributed by atoms with Gasteiger partial charge in [-0.05, 0) is 17.7 Å². The fraction of sp³-hybridized carbons (Fsp3) is 0.417. The van der Waals surface area contributed by atoms with Gasteiger partial charge in [0.05, 0.1) is 7.11 Å². The largest absolute Gasteiger partial charge is 0.468 e. The quantitative estimate of drug-likeness (QED) is 0.603. The number of carbonyl (C=O) groups excluding carboxylic acids is 1. The molecule has 0 amide bonds. The molecule has 1 rings (SSSR count). The average molecular weight is 239 g/mol. The fourth-order valence-electron chi connectivity index (χ4n) is 1.26. The topological polar surface area (TPSA) is 52.3 Å². The molecule has 0 aromatic heterocycles. The molecule has 1 aromatic rings. The summed E-state index contributed by atoms with van der Waals surface area (Å²) in [6.45, 7) is 0. The number of hydrogen-bond donors (Lipinski definition) is 1. The van der Waals surface area contributed by atoms with E-state index in [0.717, 1.165) is 12.2 Å². The molecule has 0 saturated carbocycles. The third-order valence-corrected chi connectivity index (χ3v) is 3.27. The lowest BCUT2D eigenvalue weighted by Crippen LogP contribution is -2.34. The van der Waals surface area contributed by atoms with Crippen LogP contribution >= 0.6 is 11.8 Å². The molecule has 0 fully saturated rings. The van der Waals surface area contributed by atoms with Crippen molar-refractivity contribution in [3.63, 3.8) is 0 Å². The van der Waals surface area contributed by atoms with Crippen molar-refractivity contribution in [3.05, 3.63) is 35.9 Å². The second-order valence-electron chi connectivity index (χ2n) is 3.44. The lowest BCUT2D eigenvalue weighted by molar-refractivity contribution is -0.141. The lowest BCUT2D eigenvalue weighted by atomic mass is 10.2. The monoisotopic (exact) mass is 239 g/mol. The first-order valence-electron chi connectivity index (χ1n) is 5.19. The Labute approximate surface area is 100 Å². The zero-order chi connectivity index (χ0) is 11.8. The smallest absolute Gasteiger partial charge is 0.323 e. The van der Waals surface area contributed by atoms with Gasteiger partial charge in [0, 0.05) is 5.75 Å². The molecule has 0 aliphatic heterocycles. The molecule has 0 saturated heterocycles. The van der Waals surface area contributed by atoms with Crippen molar-refractivity contribution < 1.29 is 9.53 Å². The van der Waals surface area contributed by atoms with Crippen molar-refractivity contribution in [2.45, 2.75) is 12.5 Å². The molecule has 0 spiro atoms. The summed E-state index contributed by atoms with van der Waals surface area (Å²) in [5, 5.41) is 0. The van der Waals surface area contributed by atoms with Crippen LogP contribution in [-0.2, 0) is 16.0 Å². The molecule has 0 aliphatic rings. The highest BCUT2D eigenvalue weighted by atomic mass is 32.2. The van der Waals surface area contributed by atoms with Gasteiger partial charge in [0.25, 0.3) is 0 Å². The van der Waals surface area contributed by atoms with Crippen molar-refractivity contribution in [2.24, 2.45) is 5.73 Å². The van der Waals surface area contributed by atoms with Crippen LogP contribution in [0.25, 0.3) is 0 Å². The highest BCUT2D eigenvalue weighted by Gasteiger charge is 2.12. The average Bonchev–Trinajstić information content (AvgIpc) is 2.34. The molecule has 0 bridgehead atoms. The van der Waals surface area contributed by atoms with Crippen LogP contribution in [0.2, 0.25) is 0 Å². The summed E-state index contributed by atoms with van der Waals surface area (Å²) in [7, 11) is 1.36. The van der Waals surface area contributed by atoms with E-state index >= 15 is 0 Å². The Hall–Kier alpha value is -1.00. The number of nitrogens with two attached hydrogens (primary N) is 1. The Kier molecular flexibility index (Phi) is 5.96. The normalized spacial score (nSPS) is 12.1. The minimum Gasteiger partial charge on any atom is -0.468 e. The first-order chi connectivity index (χ1) is 7.74. The molecule has 0 aliphatic carbocycles. The highest BCUT2D eigenvalue weighted by Crippen LogP contribution is 2.08. The summed E-state index contributed by atoms with van der Waals surface area (Å²) in [4.78, 5) is 11.0. The summed E-state index contributed by atoms with van der Waals surface area (Å²) in [5.74, 6) is 1.24. The Bertz CT molecular complexity index is 316. The van der Waals surface area contributed by atoms with Gasteiger partial charge in [0.1, 0.15) is 6.04 Å². The van der Waals surface area contributed by atoms with Gasteiger partial charge in [0.2, 0.25) is 0 Å². The number of methoxy groups -OCH3 is 1. The van der Waals surface area contributed by atoms with Gasteiger partial charge in [-0.2, -0.15) is 11.8 Å². The van der Waals surface area contributed by atoms with Gasteiger partial charge in [-0.1, -0.05) is 30.3 Å². The second kappa shape index (κ2) is 7.30. The number of carbonyl (C=O) groups is 1. The van der Waals surface area contributed by atoms with E-state index in [9.17, 15) is 4.79 Å². The summed E-state index contributed by atoms with van der Waals surface area (Å²) in [6, 6.07) is 9.75. The number of thioether (sulfide) groups is 1. The fourth-order valence-corrected chi connectivity index (χ4v) is 2.20. The van der Waals surface area contributed by atoms with Crippen molar-refractivity contribution in [1.29, 1.82) is 0 Å². The Morgan fingerprint density at radius 3 is 2.75 bits per heavy atom. The number of benzene rings is 1. The highest BCUT2D eigenvalue weighted by molar-refractivity contribution is 7.99. The summed E-state index contributed by atoms with van der Waals surface area (Å²) >= 11 is 1.67. The molecule has 2 N–H and O–H groups in total. The van der Waals surface area contributed by atoms with E-state index < -0.39 is 6.04 Å². The molecule has 16 heavy (non-hydrogen) atoms. The summed E-state index contributed by atoms with van der Waals surface area (Å²) < 4.78 is 4.55. The third-order valence-electron chi connectivity index (χ3n) is 2.18. The van der Waals surface area contributed by atoms with E-state index in [1.807, 2.05) is 18.2 Å². The molecule has 0 radical (unpaired) electrons. The van der Waals surface area contributed by atoms with Crippen LogP contribution in [0.1, 0.15) is 5.56 Å². The van der Waals surface area contributed by atoms with Gasteiger partial charge >= 0.3 is 5.97 Å². The molecule has 1 atom stereocenters. The van der Waals surface area contributed by atoms with Crippen LogP contribution in [0.4, 0.5) is 0 Å². The molecule has 1 aromatic carbocycles. The first kappa shape index (κ1) is 13.1. The van der Waals surface area contributed by atoms with E-state index in [1.54, 1.807) is 11.8 Å². The van der Waals surface area contributed by atoms with Crippen molar-refractivity contribution in [3.8, 4) is 0 Å². The summed E-state index contributed by atoms with van der Waals surface area (Å²) in [6.07, 6.45) is 0.999. The van der Waals surface area contributed by atoms with Crippen LogP contribution in [-0.4, -0.2) is 30.6 Å². The van der Waals surface area contributed by atoms with Gasteiger partial charge < -0.3 is 10.5 Å². The second-order valence-corrected chi connectivity index (χ2v) is 4.59. The molecule has 4 heteroatoms. The van der Waals surface area contributed by atoms with E-state index in [-0.39, 0.29) is 5.97 Å². The number of ether oxygens (including phenoxy) is 1. The van der Waals surface area contributed by atoms with Crippen molar-refractivity contribution in [2.75, 3.05) is 18.6 Å². The first-order valence-corrected chi connectivity index (χ1v) is 6.34. The van der Waals surface area contributed by atoms with Gasteiger partial charge in [0.15, 0.2) is 0 Å². The lowest BCUT2D eigenvalue weighted by Gasteiger charge is -2.08. The minimum absolute atomic E-state index is 0.341. The predicted molar refractivity (Wildman–Crippen MR) is 67.5 cm³/mol. The van der Waals surface area contributed by atoms with Gasteiger partial charge in [-0.3, -0.25) is 4.79 Å². The maximum Gasteiger partial charge on any atom is 0.323 e. The zero-order valence-electron chi connectivity index (χ0n) is 9.39. The standard InChI is InChI=1S/C12H17NO2S/c1-15-12(14)11(13)9-16-8-7-10-5-3-2-4-6-10/h2-6,11H,7-9,13H2,1H3. The van der Waals surface area contributed by atoms with Crippen LogP contribution in [0.15, 0.2) is 30.3 Å². The minimum atomic E-state index is -0.509. The zero-order valence-corrected chi connectivity index (χ0v) is 10.2. The van der Waals surface area contributed by atoms with Crippen LogP contribution in [0.5, 0.6) is 0 Å². The number of esters is 1. The van der Waals surface area contributed by atoms with Gasteiger partial charge in [-0.25, -0.2) is 0 Å².